The van der Waals surface area contributed by atoms with Gasteiger partial charge in [0, 0.05) is 65.9 Å². The number of aromatic nitrogens is 3. The summed E-state index contributed by atoms with van der Waals surface area (Å²) >= 11 is 0. The van der Waals surface area contributed by atoms with Crippen LogP contribution in [-0.4, -0.2) is 295 Å². The minimum Gasteiger partial charge on any atom is -0.748 e. The second-order valence-corrected chi connectivity index (χ2v) is 24.8. The van der Waals surface area contributed by atoms with Gasteiger partial charge >= 0.3 is 136 Å². The summed E-state index contributed by atoms with van der Waals surface area (Å²) in [4.78, 5) is 158. The van der Waals surface area contributed by atoms with Crippen molar-refractivity contribution in [2.75, 3.05) is 197 Å². The number of carbonyl (C=O) groups is 10. The maximum absolute atomic E-state index is 12.8. The summed E-state index contributed by atoms with van der Waals surface area (Å²) in [5.74, 6) is -6.50. The number of unbranched alkanes of at least 4 members (excludes halogenated alkanes) is 2. The molecule has 0 aliphatic heterocycles. The first kappa shape index (κ1) is 115. The molecule has 1 N–H and O–H groups in total. The van der Waals surface area contributed by atoms with Crippen molar-refractivity contribution in [3.8, 4) is 0 Å². The molecule has 0 unspecified atom stereocenters. The third kappa shape index (κ3) is 71.9. The normalized spacial score (nSPS) is 10.5. The molecule has 0 saturated heterocycles. The number of phosphoric acid groups is 1. The third-order valence-electron chi connectivity index (χ3n) is 12.6. The van der Waals surface area contributed by atoms with Gasteiger partial charge in [-0.1, -0.05) is 59.2 Å². The number of ether oxygens (including phenoxy) is 19. The van der Waals surface area contributed by atoms with E-state index in [9.17, 15) is 84.8 Å². The van der Waals surface area contributed by atoms with Gasteiger partial charge in [0.15, 0.2) is 0 Å². The summed E-state index contributed by atoms with van der Waals surface area (Å²) in [6.07, 6.45) is 8.47. The van der Waals surface area contributed by atoms with Crippen molar-refractivity contribution in [3.05, 3.63) is 144 Å². The average molecular weight is 1740 g/mol. The molecule has 0 bridgehead atoms. The molecule has 1 heterocycles. The average Bonchev–Trinajstić information content (AvgIpc) is 0.785. The molecule has 0 aliphatic rings. The molecule has 1 aromatic heterocycles. The quantitative estimate of drug-likeness (QED) is 0.0143. The van der Waals surface area contributed by atoms with E-state index < -0.39 is 100 Å². The second kappa shape index (κ2) is 76.7. The Morgan fingerprint density at radius 1 is 0.376 bits per heavy atom. The molecule has 0 aliphatic carbocycles. The van der Waals surface area contributed by atoms with Crippen molar-refractivity contribution in [2.45, 2.75) is 71.7 Å². The molecule has 1 rings (SSSR count). The van der Waals surface area contributed by atoms with Crippen LogP contribution in [0, 0.1) is 0 Å². The first-order chi connectivity index (χ1) is 55.3. The van der Waals surface area contributed by atoms with Gasteiger partial charge in [-0.05, 0) is 39.5 Å². The number of rotatable bonds is 68. The minimum atomic E-state index is -4.29. The molecular weight excluding hydrogens is 1630 g/mol. The van der Waals surface area contributed by atoms with Crippen molar-refractivity contribution in [3.63, 3.8) is 0 Å². The standard InChI is InChI=1S/C30H50O15.C24H31N3O11.C12H19O8P.C6H10O5S.K/c1-4-28(31)43-22-18-37-9-7-34-13-15-40-25-27(42-21-17-36-11-12-39-20-24-45-30(33)6-3)26-41-16-14-35-8-10-38-19-23-44-29(32)5-2;1-4-18(28)35-14-9-7-8-10-21(31)38-17-13-27-23(33)25(11-15-36-19(29)5-2)22(32)26(24(27)34)12-16-37-20(30)6-3;1-9(2)11(13)17-5-7-19-21(15,16)20-8-6-18-12(14)10(3)4;1-2-6(7)11-4-3-5-12(8,9)10;/h4-6,27H,1-3,7-26H2;4-6H,1-3,7-17H2;1,3,5-8H2,2,4H3,(H,15,16);2H,1,3-5H2,(H,8,9,10);/q;;;;+1/p-1. The Bertz CT molecular complexity index is 3390. The maximum atomic E-state index is 12.8. The Hall–Kier alpha value is -7.93. The molecule has 1 aromatic rings. The summed E-state index contributed by atoms with van der Waals surface area (Å²) in [5, 5.41) is 0. The maximum Gasteiger partial charge on any atom is 1.00 e. The van der Waals surface area contributed by atoms with Crippen LogP contribution in [0.2, 0.25) is 0 Å². The predicted octanol–water partition coefficient (Wildman–Crippen LogP) is -1.83. The van der Waals surface area contributed by atoms with Crippen LogP contribution < -0.4 is 68.5 Å². The van der Waals surface area contributed by atoms with Crippen molar-refractivity contribution in [2.24, 2.45) is 0 Å². The fourth-order valence-electron chi connectivity index (χ4n) is 7.11. The van der Waals surface area contributed by atoms with E-state index in [4.69, 9.17) is 75.8 Å². The topological polar surface area (TPSA) is 525 Å². The summed E-state index contributed by atoms with van der Waals surface area (Å²) in [6.45, 7) is 35.5. The van der Waals surface area contributed by atoms with Crippen LogP contribution in [0.4, 0.5) is 0 Å². The molecule has 0 saturated carbocycles. The fourth-order valence-corrected chi connectivity index (χ4v) is 8.26. The number of hydrogen-bond acceptors (Lipinski definition) is 38. The first-order valence-electron chi connectivity index (χ1n) is 35.4. The summed E-state index contributed by atoms with van der Waals surface area (Å²) < 4.78 is 150. The first-order valence-corrected chi connectivity index (χ1v) is 38.5. The Balaban J connectivity index is -0.000000794. The van der Waals surface area contributed by atoms with Gasteiger partial charge in [0.25, 0.3) is 0 Å². The number of esters is 10. The third-order valence-corrected chi connectivity index (χ3v) is 14.4. The van der Waals surface area contributed by atoms with Gasteiger partial charge in [-0.25, -0.2) is 84.2 Å². The molecule has 0 amide bonds. The summed E-state index contributed by atoms with van der Waals surface area (Å²) in [6, 6.07) is 0. The Labute approximate surface area is 720 Å². The smallest absolute Gasteiger partial charge is 0.748 e. The molecule has 658 valence electrons. The molecule has 0 aromatic carbocycles. The van der Waals surface area contributed by atoms with Crippen molar-refractivity contribution < 1.29 is 221 Å². The van der Waals surface area contributed by atoms with Gasteiger partial charge in [0.05, 0.1) is 168 Å². The fraction of sp³-hybridized carbons (Fsp3) is 0.569. The van der Waals surface area contributed by atoms with Crippen LogP contribution in [0.3, 0.4) is 0 Å². The van der Waals surface area contributed by atoms with E-state index in [1.807, 2.05) is 0 Å². The molecule has 0 radical (unpaired) electrons. The van der Waals surface area contributed by atoms with Gasteiger partial charge in [-0.15, -0.1) is 0 Å². The molecule has 45 heteroatoms. The zero-order valence-electron chi connectivity index (χ0n) is 66.5. The van der Waals surface area contributed by atoms with Crippen molar-refractivity contribution in [1.29, 1.82) is 0 Å². The van der Waals surface area contributed by atoms with Crippen molar-refractivity contribution in [1.82, 2.24) is 13.7 Å². The molecule has 0 spiro atoms. The Kier molecular flexibility index (Phi) is 75.7. The van der Waals surface area contributed by atoms with E-state index in [-0.39, 0.29) is 213 Å². The molecular formula is C72H109KN3O39PS. The zero-order chi connectivity index (χ0) is 87.6. The van der Waals surface area contributed by atoms with Crippen LogP contribution in [0.1, 0.15) is 46.0 Å². The predicted molar refractivity (Wildman–Crippen MR) is 405 cm³/mol. The molecule has 42 nitrogen and oxygen atoms in total. The van der Waals surface area contributed by atoms with E-state index in [2.05, 4.69) is 82.5 Å². The van der Waals surface area contributed by atoms with E-state index >= 15 is 0 Å². The van der Waals surface area contributed by atoms with Crippen LogP contribution >= 0.6 is 7.82 Å². The van der Waals surface area contributed by atoms with E-state index in [0.717, 1.165) is 42.5 Å². The zero-order valence-corrected chi connectivity index (χ0v) is 71.3. The van der Waals surface area contributed by atoms with Gasteiger partial charge in [-0.2, -0.15) is 0 Å². The molecule has 117 heavy (non-hydrogen) atoms. The van der Waals surface area contributed by atoms with Crippen LogP contribution in [0.15, 0.2) is 127 Å². The van der Waals surface area contributed by atoms with Gasteiger partial charge in [-0.3, -0.25) is 13.8 Å². The monoisotopic (exact) mass is 1740 g/mol. The van der Waals surface area contributed by atoms with Gasteiger partial charge in [0.1, 0.15) is 59.0 Å². The second-order valence-electron chi connectivity index (χ2n) is 21.8. The summed E-state index contributed by atoms with van der Waals surface area (Å²) in [7, 11) is -8.48. The van der Waals surface area contributed by atoms with Gasteiger partial charge < -0.3 is 99.4 Å². The van der Waals surface area contributed by atoms with Gasteiger partial charge in [0.2, 0.25) is 0 Å². The van der Waals surface area contributed by atoms with E-state index in [0.29, 0.717) is 112 Å². The summed E-state index contributed by atoms with van der Waals surface area (Å²) in [5.41, 5.74) is -2.59. The Morgan fingerprint density at radius 2 is 0.641 bits per heavy atom. The van der Waals surface area contributed by atoms with E-state index in [1.54, 1.807) is 0 Å². The number of carbonyl (C=O) groups excluding carboxylic acids is 10. The molecule has 0 fully saturated rings. The minimum absolute atomic E-state index is 0. The van der Waals surface area contributed by atoms with Crippen LogP contribution in [0.25, 0.3) is 0 Å². The van der Waals surface area contributed by atoms with Crippen LogP contribution in [0.5, 0.6) is 0 Å². The number of phosphoric ester groups is 1. The SMILES string of the molecule is C=C(C)C(=O)OCCOP(=O)(O)OCCOC(=O)C(=C)C.C=CC(=O)OCCCCCC(=O)OCCn1c(=O)n(CCOC(=O)C=C)c(=O)n(CCOC(=O)C=C)c1=O.C=CC(=O)OCCCS(=O)(=O)[O-].C=CC(=O)OCCOCCOCCOCC(COCCOCCOCCOC(=O)C=C)OCCOCCOCCOC(=O)C=C.[K+]. The largest absolute Gasteiger partial charge is 1.00 e. The van der Waals surface area contributed by atoms with E-state index in [1.165, 1.54) is 13.8 Å². The Morgan fingerprint density at radius 3 is 0.949 bits per heavy atom. The molecule has 0 atom stereocenters. The number of nitrogens with zero attached hydrogens (tertiary/aromatic N) is 3. The van der Waals surface area contributed by atoms with Crippen LogP contribution in [-0.2, 0) is 181 Å². The van der Waals surface area contributed by atoms with Crippen molar-refractivity contribution >= 4 is 77.6 Å². The number of hydrogen-bond donors (Lipinski definition) is 1.